The Morgan fingerprint density at radius 2 is 1.47 bits per heavy atom. The summed E-state index contributed by atoms with van der Waals surface area (Å²) in [5.74, 6) is -1.12. The van der Waals surface area contributed by atoms with E-state index in [9.17, 15) is 22.8 Å². The van der Waals surface area contributed by atoms with Gasteiger partial charge in [0.1, 0.15) is 5.70 Å². The van der Waals surface area contributed by atoms with Crippen molar-refractivity contribution >= 4 is 28.4 Å². The number of carbonyl (C=O) groups excluding carboxylic acids is 2. The molecule has 1 aliphatic heterocycles. The third-order valence-electron chi connectivity index (χ3n) is 4.82. The zero-order valence-corrected chi connectivity index (χ0v) is 16.8. The second-order valence-corrected chi connectivity index (χ2v) is 7.32. The molecule has 0 radical (unpaired) electrons. The van der Waals surface area contributed by atoms with Crippen LogP contribution in [0.25, 0.3) is 5.03 Å². The molecule has 0 saturated carbocycles. The fourth-order valence-electron chi connectivity index (χ4n) is 3.18. The summed E-state index contributed by atoms with van der Waals surface area (Å²) in [5, 5.41) is 2.60. The van der Waals surface area contributed by atoms with Gasteiger partial charge >= 0.3 is 6.18 Å². The quantitative estimate of drug-likeness (QED) is 0.681. The minimum atomic E-state index is -4.50. The van der Waals surface area contributed by atoms with Gasteiger partial charge in [-0.25, -0.2) is 0 Å². The van der Waals surface area contributed by atoms with E-state index in [4.69, 9.17) is 11.6 Å². The Kier molecular flexibility index (Phi) is 6.82. The van der Waals surface area contributed by atoms with E-state index in [1.54, 1.807) is 35.2 Å². The second-order valence-electron chi connectivity index (χ2n) is 6.94. The molecule has 2 amide bonds. The average molecular weight is 437 g/mol. The first-order chi connectivity index (χ1) is 14.3. The number of alkyl halides is 3. The van der Waals surface area contributed by atoms with Crippen LogP contribution in [-0.2, 0) is 11.0 Å². The summed E-state index contributed by atoms with van der Waals surface area (Å²) in [5.41, 5.74) is -0.409. The molecule has 1 fully saturated rings. The lowest BCUT2D eigenvalue weighted by atomic mass is 10.1. The molecule has 1 aliphatic rings. The van der Waals surface area contributed by atoms with Crippen LogP contribution in [0.5, 0.6) is 0 Å². The van der Waals surface area contributed by atoms with E-state index in [2.05, 4.69) is 5.32 Å². The van der Waals surface area contributed by atoms with E-state index >= 15 is 0 Å². The van der Waals surface area contributed by atoms with Crippen molar-refractivity contribution in [3.05, 3.63) is 77.0 Å². The number of hydrogen-bond acceptors (Lipinski definition) is 2. The molecule has 2 aromatic carbocycles. The molecule has 1 saturated heterocycles. The lowest BCUT2D eigenvalue weighted by Crippen LogP contribution is -2.41. The highest BCUT2D eigenvalue weighted by atomic mass is 35.5. The molecule has 30 heavy (non-hydrogen) atoms. The predicted octanol–water partition coefficient (Wildman–Crippen LogP) is 5.06. The van der Waals surface area contributed by atoms with Crippen molar-refractivity contribution in [1.29, 1.82) is 0 Å². The normalized spacial score (nSPS) is 15.4. The monoisotopic (exact) mass is 436 g/mol. The van der Waals surface area contributed by atoms with Crippen LogP contribution in [0.4, 0.5) is 13.2 Å². The van der Waals surface area contributed by atoms with Crippen LogP contribution in [0.1, 0.15) is 40.7 Å². The van der Waals surface area contributed by atoms with Gasteiger partial charge in [0.25, 0.3) is 11.8 Å². The Morgan fingerprint density at radius 3 is 2.03 bits per heavy atom. The largest absolute Gasteiger partial charge is 0.416 e. The molecule has 0 aliphatic carbocycles. The molecule has 0 unspecified atom stereocenters. The molecule has 0 bridgehead atoms. The highest BCUT2D eigenvalue weighted by molar-refractivity contribution is 6.51. The first-order valence-corrected chi connectivity index (χ1v) is 9.88. The van der Waals surface area contributed by atoms with Gasteiger partial charge in [-0.1, -0.05) is 41.9 Å². The van der Waals surface area contributed by atoms with Gasteiger partial charge in [-0.15, -0.1) is 0 Å². The summed E-state index contributed by atoms with van der Waals surface area (Å²) in [4.78, 5) is 27.4. The van der Waals surface area contributed by atoms with Crippen LogP contribution in [-0.4, -0.2) is 29.8 Å². The van der Waals surface area contributed by atoms with E-state index in [0.717, 1.165) is 43.5 Å². The number of likely N-dealkylation sites (tertiary alicyclic amines) is 1. The highest BCUT2D eigenvalue weighted by Gasteiger charge is 2.30. The maximum Gasteiger partial charge on any atom is 0.416 e. The number of hydrogen-bond donors (Lipinski definition) is 1. The predicted molar refractivity (Wildman–Crippen MR) is 109 cm³/mol. The van der Waals surface area contributed by atoms with E-state index in [1.807, 2.05) is 0 Å². The van der Waals surface area contributed by atoms with Crippen molar-refractivity contribution in [3.8, 4) is 0 Å². The summed E-state index contributed by atoms with van der Waals surface area (Å²) in [6.07, 6.45) is -1.77. The first kappa shape index (κ1) is 21.9. The number of rotatable bonds is 4. The summed E-state index contributed by atoms with van der Waals surface area (Å²) >= 11 is 6.47. The van der Waals surface area contributed by atoms with Gasteiger partial charge in [0.2, 0.25) is 0 Å². The maximum atomic E-state index is 13.1. The summed E-state index contributed by atoms with van der Waals surface area (Å²) in [6.45, 7) is 1.11. The van der Waals surface area contributed by atoms with Gasteiger partial charge in [0, 0.05) is 18.7 Å². The fourth-order valence-corrected chi connectivity index (χ4v) is 3.44. The molecule has 0 aromatic heterocycles. The molecule has 0 spiro atoms. The summed E-state index contributed by atoms with van der Waals surface area (Å²) in [7, 11) is 0. The molecule has 0 atom stereocenters. The molecular weight excluding hydrogens is 417 g/mol. The number of amides is 2. The standard InChI is InChI=1S/C22H20ClF3N2O2/c23-18(15-7-3-1-4-8-15)19(21(30)28-13-5-2-6-14-28)27-20(29)16-9-11-17(12-10-16)22(24,25)26/h1,3-4,7-12H,2,5-6,13-14H2,(H,27,29)/b19-18+. The van der Waals surface area contributed by atoms with Crippen LogP contribution in [0, 0.1) is 0 Å². The van der Waals surface area contributed by atoms with Crippen molar-refractivity contribution in [1.82, 2.24) is 10.2 Å². The summed E-state index contributed by atoms with van der Waals surface area (Å²) < 4.78 is 38.3. The fraction of sp³-hybridized carbons (Fsp3) is 0.273. The smallest absolute Gasteiger partial charge is 0.337 e. The lowest BCUT2D eigenvalue weighted by molar-refractivity contribution is -0.137. The minimum Gasteiger partial charge on any atom is -0.337 e. The Balaban J connectivity index is 1.90. The number of nitrogens with zero attached hydrogens (tertiary/aromatic N) is 1. The number of benzene rings is 2. The first-order valence-electron chi connectivity index (χ1n) is 9.50. The zero-order valence-electron chi connectivity index (χ0n) is 16.0. The van der Waals surface area contributed by atoms with E-state index < -0.39 is 23.6 Å². The number of carbonyl (C=O) groups is 2. The molecule has 1 heterocycles. The molecule has 8 heteroatoms. The van der Waals surface area contributed by atoms with Crippen LogP contribution in [0.3, 0.4) is 0 Å². The Morgan fingerprint density at radius 1 is 0.867 bits per heavy atom. The SMILES string of the molecule is O=C(N/C(C(=O)N1CCCCC1)=C(/Cl)c1ccccc1)c1ccc(C(F)(F)F)cc1. The molecule has 1 N–H and O–H groups in total. The highest BCUT2D eigenvalue weighted by Crippen LogP contribution is 2.29. The van der Waals surface area contributed by atoms with Crippen molar-refractivity contribution < 1.29 is 22.8 Å². The average Bonchev–Trinajstić information content (AvgIpc) is 2.77. The van der Waals surface area contributed by atoms with E-state index in [0.29, 0.717) is 18.7 Å². The molecule has 2 aromatic rings. The van der Waals surface area contributed by atoms with Crippen LogP contribution >= 0.6 is 11.6 Å². The van der Waals surface area contributed by atoms with Gasteiger partial charge in [-0.2, -0.15) is 13.2 Å². The van der Waals surface area contributed by atoms with Crippen LogP contribution < -0.4 is 5.32 Å². The van der Waals surface area contributed by atoms with Gasteiger partial charge in [0.05, 0.1) is 10.6 Å². The van der Waals surface area contributed by atoms with Gasteiger partial charge in [0.15, 0.2) is 0 Å². The van der Waals surface area contributed by atoms with E-state index in [1.165, 1.54) is 0 Å². The topological polar surface area (TPSA) is 49.4 Å². The number of halogens is 4. The second kappa shape index (κ2) is 9.34. The van der Waals surface area contributed by atoms with Crippen molar-refractivity contribution in [2.75, 3.05) is 13.1 Å². The van der Waals surface area contributed by atoms with Crippen molar-refractivity contribution in [2.24, 2.45) is 0 Å². The Labute approximate surface area is 177 Å². The van der Waals surface area contributed by atoms with Crippen LogP contribution in [0.2, 0.25) is 0 Å². The van der Waals surface area contributed by atoms with Crippen LogP contribution in [0.15, 0.2) is 60.3 Å². The molecular formula is C22H20ClF3N2O2. The van der Waals surface area contributed by atoms with Gasteiger partial charge in [-0.05, 0) is 49.1 Å². The van der Waals surface area contributed by atoms with Gasteiger partial charge < -0.3 is 10.2 Å². The van der Waals surface area contributed by atoms with Gasteiger partial charge in [-0.3, -0.25) is 9.59 Å². The molecule has 3 rings (SSSR count). The number of nitrogens with one attached hydrogen (secondary N) is 1. The van der Waals surface area contributed by atoms with E-state index in [-0.39, 0.29) is 16.3 Å². The zero-order chi connectivity index (χ0) is 21.7. The van der Waals surface area contributed by atoms with Crippen molar-refractivity contribution in [2.45, 2.75) is 25.4 Å². The Bertz CT molecular complexity index is 935. The summed E-state index contributed by atoms with van der Waals surface area (Å²) in [6, 6.07) is 12.5. The lowest BCUT2D eigenvalue weighted by Gasteiger charge is -2.28. The maximum absolute atomic E-state index is 13.1. The minimum absolute atomic E-state index is 0.00975. The number of piperidine rings is 1. The third kappa shape index (κ3) is 5.21. The molecule has 4 nitrogen and oxygen atoms in total. The third-order valence-corrected chi connectivity index (χ3v) is 5.22. The van der Waals surface area contributed by atoms with Crippen molar-refractivity contribution in [3.63, 3.8) is 0 Å². The molecule has 158 valence electrons. The Hall–Kier alpha value is -2.80.